The van der Waals surface area contributed by atoms with E-state index in [-0.39, 0.29) is 17.5 Å². The van der Waals surface area contributed by atoms with Crippen LogP contribution in [0.2, 0.25) is 10.0 Å². The molecule has 1 aliphatic heterocycles. The molecular weight excluding hydrogens is 389 g/mol. The van der Waals surface area contributed by atoms with E-state index in [2.05, 4.69) is 0 Å². The Balaban J connectivity index is 1.87. The molecule has 0 spiro atoms. The first kappa shape index (κ1) is 19.8. The van der Waals surface area contributed by atoms with Gasteiger partial charge < -0.3 is 9.64 Å². The van der Waals surface area contributed by atoms with Crippen LogP contribution in [-0.2, 0) is 24.2 Å². The van der Waals surface area contributed by atoms with Crippen molar-refractivity contribution < 1.29 is 22.7 Å². The number of amides is 1. The quantitative estimate of drug-likeness (QED) is 0.553. The summed E-state index contributed by atoms with van der Waals surface area (Å²) >= 11 is 12.0. The van der Waals surface area contributed by atoms with Gasteiger partial charge in [-0.3, -0.25) is 4.79 Å². The van der Waals surface area contributed by atoms with Gasteiger partial charge in [0.1, 0.15) is 0 Å². The van der Waals surface area contributed by atoms with Crippen molar-refractivity contribution in [2.24, 2.45) is 0 Å². The third kappa shape index (κ3) is 5.45. The van der Waals surface area contributed by atoms with E-state index >= 15 is 0 Å². The molecule has 0 aromatic heterocycles. The molecule has 0 aliphatic carbocycles. The van der Waals surface area contributed by atoms with E-state index in [1.54, 1.807) is 18.2 Å². The van der Waals surface area contributed by atoms with E-state index in [1.807, 2.05) is 0 Å². The first-order valence-electron chi connectivity index (χ1n) is 7.44. The van der Waals surface area contributed by atoms with E-state index in [1.165, 1.54) is 18.0 Å². The highest BCUT2D eigenvalue weighted by Crippen LogP contribution is 2.25. The number of hydrogen-bond acceptors (Lipinski definition) is 5. The second kappa shape index (κ2) is 8.21. The Morgan fingerprint density at radius 2 is 1.96 bits per heavy atom. The number of likely N-dealkylation sites (N-methyl/N-ethyl adjacent to an activating group) is 1. The molecule has 1 aromatic rings. The molecule has 1 aliphatic rings. The van der Waals surface area contributed by atoms with Crippen LogP contribution in [0.25, 0.3) is 6.08 Å². The molecule has 1 heterocycles. The second-order valence-corrected chi connectivity index (χ2v) is 8.68. The molecule has 9 heteroatoms. The highest BCUT2D eigenvalue weighted by molar-refractivity contribution is 7.91. The lowest BCUT2D eigenvalue weighted by Crippen LogP contribution is -2.40. The Hall–Kier alpha value is -1.57. The zero-order valence-electron chi connectivity index (χ0n) is 13.4. The molecule has 1 atom stereocenters. The molecule has 25 heavy (non-hydrogen) atoms. The maximum Gasteiger partial charge on any atom is 0.331 e. The van der Waals surface area contributed by atoms with E-state index in [9.17, 15) is 18.0 Å². The van der Waals surface area contributed by atoms with Crippen molar-refractivity contribution in [2.45, 2.75) is 12.5 Å². The van der Waals surface area contributed by atoms with Crippen LogP contribution in [0.15, 0.2) is 24.3 Å². The zero-order valence-corrected chi connectivity index (χ0v) is 15.8. The fourth-order valence-electron chi connectivity index (χ4n) is 2.39. The summed E-state index contributed by atoms with van der Waals surface area (Å²) in [5, 5.41) is 0.768. The number of rotatable bonds is 5. The van der Waals surface area contributed by atoms with Crippen molar-refractivity contribution in [3.05, 3.63) is 39.9 Å². The number of hydrogen-bond donors (Lipinski definition) is 0. The van der Waals surface area contributed by atoms with Crippen molar-refractivity contribution in [1.82, 2.24) is 4.90 Å². The molecule has 6 nitrogen and oxygen atoms in total. The number of halogens is 2. The summed E-state index contributed by atoms with van der Waals surface area (Å²) in [6.07, 6.45) is 2.93. The fourth-order valence-corrected chi connectivity index (χ4v) is 4.69. The molecule has 0 unspecified atom stereocenters. The fraction of sp³-hybridized carbons (Fsp3) is 0.375. The Morgan fingerprint density at radius 3 is 2.52 bits per heavy atom. The normalized spacial score (nSPS) is 19.1. The van der Waals surface area contributed by atoms with Crippen LogP contribution in [-0.4, -0.2) is 56.4 Å². The minimum atomic E-state index is -3.09. The summed E-state index contributed by atoms with van der Waals surface area (Å²) in [6.45, 7) is -0.466. The summed E-state index contributed by atoms with van der Waals surface area (Å²) in [5.74, 6) is -1.18. The van der Waals surface area contributed by atoms with Crippen molar-refractivity contribution in [1.29, 1.82) is 0 Å². The predicted octanol–water partition coefficient (Wildman–Crippen LogP) is 2.20. The van der Waals surface area contributed by atoms with Gasteiger partial charge in [0.15, 0.2) is 16.4 Å². The highest BCUT2D eigenvalue weighted by Gasteiger charge is 2.32. The average Bonchev–Trinajstić information content (AvgIpc) is 2.91. The van der Waals surface area contributed by atoms with Crippen molar-refractivity contribution >= 4 is 51.0 Å². The van der Waals surface area contributed by atoms with Crippen molar-refractivity contribution in [2.75, 3.05) is 25.2 Å². The minimum Gasteiger partial charge on any atom is -0.452 e. The highest BCUT2D eigenvalue weighted by atomic mass is 35.5. The predicted molar refractivity (Wildman–Crippen MR) is 96.3 cm³/mol. The summed E-state index contributed by atoms with van der Waals surface area (Å²) in [5.41, 5.74) is 0.474. The topological polar surface area (TPSA) is 80.8 Å². The standard InChI is InChI=1S/C16H17Cl2NO5S/c1-19(11-7-8-25(22,23)10-11)15(20)9-24-16(21)6-5-12-13(17)3-2-4-14(12)18/h2-6,11H,7-10H2,1H3/b6-5+/t11-/m1/s1. The Kier molecular flexibility index (Phi) is 6.48. The first-order chi connectivity index (χ1) is 11.7. The molecule has 136 valence electrons. The summed E-state index contributed by atoms with van der Waals surface area (Å²) in [7, 11) is -1.59. The molecule has 1 amide bonds. The SMILES string of the molecule is CN(C(=O)COC(=O)/C=C/c1c(Cl)cccc1Cl)[C@@H]1CCS(=O)(=O)C1. The lowest BCUT2D eigenvalue weighted by molar-refractivity contribution is -0.148. The number of nitrogens with zero attached hydrogens (tertiary/aromatic N) is 1. The van der Waals surface area contributed by atoms with Crippen LogP contribution in [0.3, 0.4) is 0 Å². The van der Waals surface area contributed by atoms with Crippen LogP contribution in [0.5, 0.6) is 0 Å². The minimum absolute atomic E-state index is 0.0614. The molecule has 0 saturated carbocycles. The lowest BCUT2D eigenvalue weighted by atomic mass is 10.2. The molecule has 2 rings (SSSR count). The van der Waals surface area contributed by atoms with Crippen LogP contribution in [0.1, 0.15) is 12.0 Å². The van der Waals surface area contributed by atoms with Crippen LogP contribution >= 0.6 is 23.2 Å². The van der Waals surface area contributed by atoms with Crippen LogP contribution < -0.4 is 0 Å². The van der Waals surface area contributed by atoms with Gasteiger partial charge in [0, 0.05) is 34.8 Å². The van der Waals surface area contributed by atoms with E-state index in [4.69, 9.17) is 27.9 Å². The Morgan fingerprint density at radius 1 is 1.32 bits per heavy atom. The Labute approximate surface area is 156 Å². The summed E-state index contributed by atoms with van der Waals surface area (Å²) in [4.78, 5) is 25.1. The van der Waals surface area contributed by atoms with Gasteiger partial charge in [0.05, 0.1) is 11.5 Å². The van der Waals surface area contributed by atoms with E-state index in [0.29, 0.717) is 22.0 Å². The number of carbonyl (C=O) groups excluding carboxylic acids is 2. The van der Waals surface area contributed by atoms with Crippen molar-refractivity contribution in [3.63, 3.8) is 0 Å². The van der Waals surface area contributed by atoms with Gasteiger partial charge in [-0.2, -0.15) is 0 Å². The van der Waals surface area contributed by atoms with Crippen molar-refractivity contribution in [3.8, 4) is 0 Å². The average molecular weight is 406 g/mol. The molecule has 1 fully saturated rings. The molecular formula is C16H17Cl2NO5S. The van der Waals surface area contributed by atoms with E-state index < -0.39 is 28.3 Å². The summed E-state index contributed by atoms with van der Waals surface area (Å²) < 4.78 is 27.8. The second-order valence-electron chi connectivity index (χ2n) is 5.64. The molecule has 0 N–H and O–H groups in total. The smallest absolute Gasteiger partial charge is 0.331 e. The third-order valence-electron chi connectivity index (χ3n) is 3.87. The molecule has 1 aromatic carbocycles. The van der Waals surface area contributed by atoms with Gasteiger partial charge in [0.2, 0.25) is 0 Å². The van der Waals surface area contributed by atoms with Gasteiger partial charge >= 0.3 is 5.97 Å². The maximum atomic E-state index is 12.0. The van der Waals surface area contributed by atoms with Gasteiger partial charge in [-0.25, -0.2) is 13.2 Å². The third-order valence-corrected chi connectivity index (χ3v) is 6.28. The van der Waals surface area contributed by atoms with Crippen LogP contribution in [0.4, 0.5) is 0 Å². The first-order valence-corrected chi connectivity index (χ1v) is 10.0. The van der Waals surface area contributed by atoms with Crippen LogP contribution in [0, 0.1) is 0 Å². The number of carbonyl (C=O) groups is 2. The lowest BCUT2D eigenvalue weighted by Gasteiger charge is -2.22. The van der Waals surface area contributed by atoms with Gasteiger partial charge in [-0.1, -0.05) is 29.3 Å². The van der Waals surface area contributed by atoms with E-state index in [0.717, 1.165) is 6.08 Å². The maximum absolute atomic E-state index is 12.0. The van der Waals surface area contributed by atoms with Gasteiger partial charge in [-0.05, 0) is 24.6 Å². The van der Waals surface area contributed by atoms with Gasteiger partial charge in [0.25, 0.3) is 5.91 Å². The van der Waals surface area contributed by atoms with Gasteiger partial charge in [-0.15, -0.1) is 0 Å². The molecule has 1 saturated heterocycles. The number of benzene rings is 1. The molecule has 0 radical (unpaired) electrons. The molecule has 0 bridgehead atoms. The Bertz CT molecular complexity index is 786. The summed E-state index contributed by atoms with van der Waals surface area (Å²) in [6, 6.07) is 4.56. The monoisotopic (exact) mass is 405 g/mol. The largest absolute Gasteiger partial charge is 0.452 e. The number of sulfone groups is 1. The zero-order chi connectivity index (χ0) is 18.6. The number of ether oxygens (including phenoxy) is 1. The number of esters is 1.